The van der Waals surface area contributed by atoms with Gasteiger partial charge in [0.05, 0.1) is 17.5 Å². The van der Waals surface area contributed by atoms with E-state index < -0.39 is 5.97 Å². The molecule has 5 nitrogen and oxygen atoms in total. The van der Waals surface area contributed by atoms with Crippen LogP contribution in [0.2, 0.25) is 0 Å². The van der Waals surface area contributed by atoms with E-state index in [0.717, 1.165) is 33.9 Å². The quantitative estimate of drug-likeness (QED) is 0.731. The van der Waals surface area contributed by atoms with Crippen molar-refractivity contribution in [3.63, 3.8) is 0 Å². The minimum absolute atomic E-state index is 0.0508. The number of fused-ring (bicyclic) bond motifs is 1. The summed E-state index contributed by atoms with van der Waals surface area (Å²) < 4.78 is 1.68. The van der Waals surface area contributed by atoms with E-state index in [0.29, 0.717) is 18.4 Å². The first-order valence-electron chi connectivity index (χ1n) is 8.37. The Morgan fingerprint density at radius 2 is 2.08 bits per heavy atom. The summed E-state index contributed by atoms with van der Waals surface area (Å²) in [6.07, 6.45) is 2.48. The zero-order valence-corrected chi connectivity index (χ0v) is 15.1. The Bertz CT molecular complexity index is 988. The second-order valence-corrected chi connectivity index (χ2v) is 7.08. The molecule has 0 saturated carbocycles. The van der Waals surface area contributed by atoms with Crippen molar-refractivity contribution in [1.82, 2.24) is 9.55 Å². The average molecular weight is 356 g/mol. The maximum atomic E-state index is 13.0. The van der Waals surface area contributed by atoms with E-state index >= 15 is 0 Å². The number of carboxylic acids is 1. The van der Waals surface area contributed by atoms with Crippen LogP contribution in [-0.4, -0.2) is 20.6 Å². The molecule has 0 aliphatic heterocycles. The smallest absolute Gasteiger partial charge is 0.335 e. The molecule has 3 rings (SSSR count). The molecule has 130 valence electrons. The van der Waals surface area contributed by atoms with Gasteiger partial charge in [0.2, 0.25) is 0 Å². The van der Waals surface area contributed by atoms with Crippen LogP contribution in [0.25, 0.3) is 10.2 Å². The van der Waals surface area contributed by atoms with E-state index in [9.17, 15) is 9.59 Å². The highest BCUT2D eigenvalue weighted by atomic mass is 32.1. The van der Waals surface area contributed by atoms with Gasteiger partial charge < -0.3 is 5.11 Å². The predicted octanol–water partition coefficient (Wildman–Crippen LogP) is 3.72. The normalized spacial score (nSPS) is 11.1. The number of aromatic carboxylic acids is 1. The van der Waals surface area contributed by atoms with Gasteiger partial charge in [-0.2, -0.15) is 0 Å². The van der Waals surface area contributed by atoms with Crippen LogP contribution >= 0.6 is 11.3 Å². The Morgan fingerprint density at radius 3 is 2.76 bits per heavy atom. The number of hydrogen-bond donors (Lipinski definition) is 1. The monoisotopic (exact) mass is 356 g/mol. The largest absolute Gasteiger partial charge is 0.478 e. The van der Waals surface area contributed by atoms with Gasteiger partial charge in [0.1, 0.15) is 10.7 Å². The van der Waals surface area contributed by atoms with Gasteiger partial charge in [0.25, 0.3) is 5.56 Å². The highest BCUT2D eigenvalue weighted by Crippen LogP contribution is 2.22. The van der Waals surface area contributed by atoms with Crippen LogP contribution in [0.1, 0.15) is 46.9 Å². The lowest BCUT2D eigenvalue weighted by atomic mass is 10.1. The molecule has 2 heterocycles. The van der Waals surface area contributed by atoms with Gasteiger partial charge in [-0.3, -0.25) is 9.36 Å². The maximum Gasteiger partial charge on any atom is 0.335 e. The lowest BCUT2D eigenvalue weighted by molar-refractivity contribution is 0.0696. The molecule has 2 aromatic heterocycles. The molecule has 3 aromatic rings. The van der Waals surface area contributed by atoms with Gasteiger partial charge in [0, 0.05) is 11.3 Å². The van der Waals surface area contributed by atoms with Gasteiger partial charge in [-0.05, 0) is 36.6 Å². The highest BCUT2D eigenvalue weighted by molar-refractivity contribution is 7.18. The molecule has 25 heavy (non-hydrogen) atoms. The third-order valence-corrected chi connectivity index (χ3v) is 5.29. The SMILES string of the molecule is CCCc1nc2sc(CC)cc2c(=O)n1Cc1cccc(C(=O)O)c1. The van der Waals surface area contributed by atoms with E-state index in [4.69, 9.17) is 10.1 Å². The van der Waals surface area contributed by atoms with Crippen molar-refractivity contribution >= 4 is 27.5 Å². The fraction of sp³-hybridized carbons (Fsp3) is 0.316. The first kappa shape index (κ1) is 17.4. The molecule has 1 aromatic carbocycles. The van der Waals surface area contributed by atoms with Crippen molar-refractivity contribution in [3.8, 4) is 0 Å². The Morgan fingerprint density at radius 1 is 1.28 bits per heavy atom. The minimum atomic E-state index is -0.970. The van der Waals surface area contributed by atoms with E-state index in [1.807, 2.05) is 12.1 Å². The number of nitrogens with zero attached hydrogens (tertiary/aromatic N) is 2. The van der Waals surface area contributed by atoms with E-state index in [1.54, 1.807) is 34.1 Å². The lowest BCUT2D eigenvalue weighted by Gasteiger charge is -2.12. The number of aryl methyl sites for hydroxylation is 2. The molecular weight excluding hydrogens is 336 g/mol. The van der Waals surface area contributed by atoms with Crippen LogP contribution in [0.15, 0.2) is 35.1 Å². The Labute approximate surface area is 149 Å². The second kappa shape index (κ2) is 7.19. The molecule has 0 fully saturated rings. The first-order chi connectivity index (χ1) is 12.0. The number of hydrogen-bond acceptors (Lipinski definition) is 4. The average Bonchev–Trinajstić information content (AvgIpc) is 3.02. The van der Waals surface area contributed by atoms with Crippen molar-refractivity contribution in [2.45, 2.75) is 39.7 Å². The van der Waals surface area contributed by atoms with Crippen LogP contribution in [-0.2, 0) is 19.4 Å². The molecule has 0 bridgehead atoms. The van der Waals surface area contributed by atoms with Crippen molar-refractivity contribution in [2.75, 3.05) is 0 Å². The van der Waals surface area contributed by atoms with Gasteiger partial charge >= 0.3 is 5.97 Å². The number of benzene rings is 1. The van der Waals surface area contributed by atoms with E-state index in [2.05, 4.69) is 13.8 Å². The number of carbonyl (C=O) groups is 1. The topological polar surface area (TPSA) is 72.2 Å². The molecule has 6 heteroatoms. The minimum Gasteiger partial charge on any atom is -0.478 e. The molecule has 0 radical (unpaired) electrons. The number of aromatic nitrogens is 2. The summed E-state index contributed by atoms with van der Waals surface area (Å²) in [6, 6.07) is 8.63. The fourth-order valence-corrected chi connectivity index (χ4v) is 3.82. The summed E-state index contributed by atoms with van der Waals surface area (Å²) in [5, 5.41) is 9.81. The molecule has 0 unspecified atom stereocenters. The van der Waals surface area contributed by atoms with E-state index in [1.165, 1.54) is 0 Å². The summed E-state index contributed by atoms with van der Waals surface area (Å²) in [6.45, 7) is 4.45. The molecule has 1 N–H and O–H groups in total. The lowest BCUT2D eigenvalue weighted by Crippen LogP contribution is -2.25. The van der Waals surface area contributed by atoms with Crippen LogP contribution < -0.4 is 5.56 Å². The van der Waals surface area contributed by atoms with Gasteiger partial charge in [-0.15, -0.1) is 11.3 Å². The third kappa shape index (κ3) is 3.49. The predicted molar refractivity (Wildman–Crippen MR) is 99.8 cm³/mol. The van der Waals surface area contributed by atoms with Gasteiger partial charge in [0.15, 0.2) is 0 Å². The fourth-order valence-electron chi connectivity index (χ4n) is 2.84. The van der Waals surface area contributed by atoms with Gasteiger partial charge in [-0.25, -0.2) is 9.78 Å². The zero-order valence-electron chi connectivity index (χ0n) is 14.3. The number of carboxylic acid groups (broad SMARTS) is 1. The second-order valence-electron chi connectivity index (χ2n) is 5.96. The molecule has 0 spiro atoms. The van der Waals surface area contributed by atoms with Crippen LogP contribution in [0.4, 0.5) is 0 Å². The summed E-state index contributed by atoms with van der Waals surface area (Å²) in [5.74, 6) is -0.216. The zero-order chi connectivity index (χ0) is 18.0. The summed E-state index contributed by atoms with van der Waals surface area (Å²) >= 11 is 1.57. The maximum absolute atomic E-state index is 13.0. The van der Waals surface area contributed by atoms with Crippen molar-refractivity contribution < 1.29 is 9.90 Å². The third-order valence-electron chi connectivity index (χ3n) is 4.12. The molecule has 0 aliphatic rings. The van der Waals surface area contributed by atoms with Crippen LogP contribution in [0, 0.1) is 0 Å². The van der Waals surface area contributed by atoms with Crippen molar-refractivity contribution in [3.05, 3.63) is 62.5 Å². The van der Waals surface area contributed by atoms with Crippen LogP contribution in [0.5, 0.6) is 0 Å². The van der Waals surface area contributed by atoms with Crippen molar-refractivity contribution in [1.29, 1.82) is 0 Å². The molecular formula is C19H20N2O3S. The highest BCUT2D eigenvalue weighted by Gasteiger charge is 2.14. The van der Waals surface area contributed by atoms with Crippen LogP contribution in [0.3, 0.4) is 0 Å². The summed E-state index contributed by atoms with van der Waals surface area (Å²) in [7, 11) is 0. The Balaban J connectivity index is 2.11. The molecule has 0 amide bonds. The Hall–Kier alpha value is -2.47. The number of rotatable bonds is 6. The summed E-state index contributed by atoms with van der Waals surface area (Å²) in [5.41, 5.74) is 0.956. The molecule has 0 aliphatic carbocycles. The molecule has 0 atom stereocenters. The first-order valence-corrected chi connectivity index (χ1v) is 9.19. The molecule has 0 saturated heterocycles. The van der Waals surface area contributed by atoms with Gasteiger partial charge in [-0.1, -0.05) is 26.0 Å². The van der Waals surface area contributed by atoms with Crippen molar-refractivity contribution in [2.24, 2.45) is 0 Å². The van der Waals surface area contributed by atoms with E-state index in [-0.39, 0.29) is 11.1 Å². The number of thiophene rings is 1. The Kier molecular flexibility index (Phi) is 4.99. The standard InChI is InChI=1S/C19H20N2O3S/c1-3-6-16-20-17-15(10-14(4-2)25-17)18(22)21(16)11-12-7-5-8-13(9-12)19(23)24/h5,7-10H,3-4,6,11H2,1-2H3,(H,23,24). The summed E-state index contributed by atoms with van der Waals surface area (Å²) in [4.78, 5) is 30.8.